The molecule has 1 atom stereocenters. The maximum Gasteiger partial charge on any atom is 0.308 e. The Morgan fingerprint density at radius 3 is 3.11 bits per heavy atom. The first-order valence-corrected chi connectivity index (χ1v) is 6.95. The van der Waals surface area contributed by atoms with Crippen LogP contribution in [-0.2, 0) is 16.1 Å². The Kier molecular flexibility index (Phi) is 4.49. The van der Waals surface area contributed by atoms with Crippen LogP contribution in [0.5, 0.6) is 0 Å². The highest BCUT2D eigenvalue weighted by molar-refractivity contribution is 7.09. The topological polar surface area (TPSA) is 79.7 Å². The molecule has 2 heterocycles. The summed E-state index contributed by atoms with van der Waals surface area (Å²) in [6.07, 6.45) is 1.35. The lowest BCUT2D eigenvalue weighted by Gasteiger charge is -2.30. The highest BCUT2D eigenvalue weighted by atomic mass is 32.1. The molecule has 0 saturated carbocycles. The van der Waals surface area contributed by atoms with Crippen molar-refractivity contribution in [3.05, 3.63) is 16.1 Å². The van der Waals surface area contributed by atoms with Crippen molar-refractivity contribution in [3.8, 4) is 0 Å². The summed E-state index contributed by atoms with van der Waals surface area (Å²) in [6.45, 7) is 1.25. The summed E-state index contributed by atoms with van der Waals surface area (Å²) in [5.74, 6) is -1.49. The van der Waals surface area contributed by atoms with Crippen LogP contribution in [-0.4, -0.2) is 47.1 Å². The molecule has 19 heavy (non-hydrogen) atoms. The van der Waals surface area contributed by atoms with Crippen LogP contribution in [0.1, 0.15) is 28.3 Å². The van der Waals surface area contributed by atoms with Crippen LogP contribution in [0.3, 0.4) is 0 Å². The molecule has 0 unspecified atom stereocenters. The zero-order valence-corrected chi connectivity index (χ0v) is 11.5. The predicted molar refractivity (Wildman–Crippen MR) is 69.1 cm³/mol. The van der Waals surface area contributed by atoms with E-state index in [1.54, 1.807) is 17.4 Å². The quantitative estimate of drug-likeness (QED) is 0.899. The van der Waals surface area contributed by atoms with E-state index < -0.39 is 11.9 Å². The first-order valence-electron chi connectivity index (χ1n) is 6.07. The minimum absolute atomic E-state index is 0.190. The van der Waals surface area contributed by atoms with Gasteiger partial charge >= 0.3 is 5.97 Å². The number of methoxy groups -OCH3 is 1. The Morgan fingerprint density at radius 1 is 1.63 bits per heavy atom. The van der Waals surface area contributed by atoms with E-state index in [0.29, 0.717) is 25.3 Å². The van der Waals surface area contributed by atoms with E-state index in [1.165, 1.54) is 11.3 Å². The van der Waals surface area contributed by atoms with Crippen LogP contribution in [0.2, 0.25) is 0 Å². The minimum atomic E-state index is -0.837. The number of hydrogen-bond acceptors (Lipinski definition) is 5. The summed E-state index contributed by atoms with van der Waals surface area (Å²) in [6, 6.07) is 0. The second kappa shape index (κ2) is 6.12. The number of amides is 1. The number of rotatable bonds is 4. The van der Waals surface area contributed by atoms with Gasteiger partial charge in [-0.2, -0.15) is 0 Å². The van der Waals surface area contributed by atoms with Crippen molar-refractivity contribution in [2.45, 2.75) is 19.4 Å². The van der Waals surface area contributed by atoms with Crippen LogP contribution >= 0.6 is 11.3 Å². The van der Waals surface area contributed by atoms with Gasteiger partial charge in [-0.1, -0.05) is 0 Å². The van der Waals surface area contributed by atoms with Crippen LogP contribution in [0.4, 0.5) is 0 Å². The number of thiazole rings is 1. The summed E-state index contributed by atoms with van der Waals surface area (Å²) in [5.41, 5.74) is 0.378. The molecule has 0 bridgehead atoms. The maximum atomic E-state index is 12.2. The van der Waals surface area contributed by atoms with Crippen molar-refractivity contribution in [2.24, 2.45) is 5.92 Å². The van der Waals surface area contributed by atoms with Crippen LogP contribution < -0.4 is 0 Å². The molecular formula is C12H16N2O4S. The van der Waals surface area contributed by atoms with Gasteiger partial charge in [0.15, 0.2) is 0 Å². The summed E-state index contributed by atoms with van der Waals surface area (Å²) in [4.78, 5) is 29.0. The zero-order chi connectivity index (χ0) is 13.8. The number of nitrogens with zero attached hydrogens (tertiary/aromatic N) is 2. The molecule has 0 aliphatic carbocycles. The molecule has 1 saturated heterocycles. The van der Waals surface area contributed by atoms with Gasteiger partial charge in [-0.25, -0.2) is 4.98 Å². The number of likely N-dealkylation sites (tertiary alicyclic amines) is 1. The molecule has 6 nitrogen and oxygen atoms in total. The molecule has 7 heteroatoms. The van der Waals surface area contributed by atoms with Gasteiger partial charge in [0.1, 0.15) is 10.7 Å². The lowest BCUT2D eigenvalue weighted by molar-refractivity contribution is -0.143. The standard InChI is InChI=1S/C12H16N2O4S/c1-18-6-10-13-9(7-19-10)11(15)14-4-2-3-8(5-14)12(16)17/h7-8H,2-6H2,1H3,(H,16,17)/t8-/m1/s1. The van der Waals surface area contributed by atoms with Gasteiger partial charge in [0.05, 0.1) is 12.5 Å². The Morgan fingerprint density at radius 2 is 2.42 bits per heavy atom. The number of piperidine rings is 1. The summed E-state index contributed by atoms with van der Waals surface area (Å²) in [7, 11) is 1.57. The van der Waals surface area contributed by atoms with Gasteiger partial charge in [0.2, 0.25) is 0 Å². The molecular weight excluding hydrogens is 268 g/mol. The van der Waals surface area contributed by atoms with Crippen molar-refractivity contribution in [3.63, 3.8) is 0 Å². The molecule has 2 rings (SSSR count). The molecule has 0 radical (unpaired) electrons. The van der Waals surface area contributed by atoms with Gasteiger partial charge in [-0.15, -0.1) is 11.3 Å². The first-order chi connectivity index (χ1) is 9.11. The second-order valence-electron chi connectivity index (χ2n) is 4.49. The first kappa shape index (κ1) is 14.0. The van der Waals surface area contributed by atoms with E-state index in [0.717, 1.165) is 11.4 Å². The van der Waals surface area contributed by atoms with Crippen LogP contribution in [0.25, 0.3) is 0 Å². The SMILES string of the molecule is COCc1nc(C(=O)N2CCC[C@@H](C(=O)O)C2)cs1. The largest absolute Gasteiger partial charge is 0.481 e. The van der Waals surface area contributed by atoms with Gasteiger partial charge < -0.3 is 14.7 Å². The lowest BCUT2D eigenvalue weighted by Crippen LogP contribution is -2.42. The maximum absolute atomic E-state index is 12.2. The predicted octanol–water partition coefficient (Wildman–Crippen LogP) is 1.23. The molecule has 1 aliphatic rings. The highest BCUT2D eigenvalue weighted by Gasteiger charge is 2.29. The summed E-state index contributed by atoms with van der Waals surface area (Å²) in [5, 5.41) is 11.5. The minimum Gasteiger partial charge on any atom is -0.481 e. The number of aromatic nitrogens is 1. The number of hydrogen-bond donors (Lipinski definition) is 1. The number of carboxylic acid groups (broad SMARTS) is 1. The van der Waals surface area contributed by atoms with E-state index in [4.69, 9.17) is 9.84 Å². The number of carboxylic acids is 1. The zero-order valence-electron chi connectivity index (χ0n) is 10.7. The average molecular weight is 284 g/mol. The smallest absolute Gasteiger partial charge is 0.308 e. The third-order valence-electron chi connectivity index (χ3n) is 3.10. The van der Waals surface area contributed by atoms with Crippen molar-refractivity contribution < 1.29 is 19.4 Å². The molecule has 1 amide bonds. The van der Waals surface area contributed by atoms with Gasteiger partial charge in [-0.3, -0.25) is 9.59 Å². The fourth-order valence-electron chi connectivity index (χ4n) is 2.12. The molecule has 1 fully saturated rings. The van der Waals surface area contributed by atoms with Crippen LogP contribution in [0.15, 0.2) is 5.38 Å². The van der Waals surface area contributed by atoms with Crippen molar-refractivity contribution in [2.75, 3.05) is 20.2 Å². The van der Waals surface area contributed by atoms with Gasteiger partial charge in [0, 0.05) is 25.6 Å². The Labute approximate surface area is 115 Å². The number of carbonyl (C=O) groups excluding carboxylic acids is 1. The monoisotopic (exact) mass is 284 g/mol. The molecule has 1 aliphatic heterocycles. The molecule has 0 aromatic carbocycles. The van der Waals surface area contributed by atoms with Crippen molar-refractivity contribution in [1.82, 2.24) is 9.88 Å². The van der Waals surface area contributed by atoms with E-state index in [-0.39, 0.29) is 12.5 Å². The highest BCUT2D eigenvalue weighted by Crippen LogP contribution is 2.20. The fourth-order valence-corrected chi connectivity index (χ4v) is 2.86. The molecule has 0 spiro atoms. The summed E-state index contributed by atoms with van der Waals surface area (Å²) < 4.78 is 4.96. The number of aliphatic carboxylic acids is 1. The van der Waals surface area contributed by atoms with E-state index in [2.05, 4.69) is 4.98 Å². The molecule has 1 aromatic heterocycles. The lowest BCUT2D eigenvalue weighted by atomic mass is 9.98. The Bertz CT molecular complexity index is 474. The third-order valence-corrected chi connectivity index (χ3v) is 3.92. The molecule has 1 N–H and O–H groups in total. The van der Waals surface area contributed by atoms with Crippen molar-refractivity contribution in [1.29, 1.82) is 0 Å². The normalized spacial score (nSPS) is 19.4. The van der Waals surface area contributed by atoms with Crippen LogP contribution in [0, 0.1) is 5.92 Å². The fraction of sp³-hybridized carbons (Fsp3) is 0.583. The van der Waals surface area contributed by atoms with Crippen molar-refractivity contribution >= 4 is 23.2 Å². The van der Waals surface area contributed by atoms with E-state index in [9.17, 15) is 9.59 Å². The Hall–Kier alpha value is -1.47. The Balaban J connectivity index is 2.03. The van der Waals surface area contributed by atoms with E-state index in [1.807, 2.05) is 0 Å². The number of ether oxygens (including phenoxy) is 1. The average Bonchev–Trinajstić information content (AvgIpc) is 2.87. The van der Waals surface area contributed by atoms with Gasteiger partial charge in [-0.05, 0) is 12.8 Å². The third kappa shape index (κ3) is 3.30. The number of carbonyl (C=O) groups is 2. The van der Waals surface area contributed by atoms with E-state index >= 15 is 0 Å². The molecule has 104 valence electrons. The van der Waals surface area contributed by atoms with Gasteiger partial charge in [0.25, 0.3) is 5.91 Å². The summed E-state index contributed by atoms with van der Waals surface area (Å²) >= 11 is 1.37. The second-order valence-corrected chi connectivity index (χ2v) is 5.43. The molecule has 1 aromatic rings.